The first-order valence-corrected chi connectivity index (χ1v) is 9.24. The van der Waals surface area contributed by atoms with Gasteiger partial charge in [-0.15, -0.1) is 0 Å². The lowest BCUT2D eigenvalue weighted by Gasteiger charge is -2.17. The Morgan fingerprint density at radius 1 is 0.963 bits per heavy atom. The summed E-state index contributed by atoms with van der Waals surface area (Å²) in [6, 6.07) is 23.7. The van der Waals surface area contributed by atoms with Crippen molar-refractivity contribution in [3.63, 3.8) is 0 Å². The predicted molar refractivity (Wildman–Crippen MR) is 106 cm³/mol. The van der Waals surface area contributed by atoms with Gasteiger partial charge in [0, 0.05) is 30.3 Å². The molecule has 1 saturated heterocycles. The fourth-order valence-electron chi connectivity index (χ4n) is 3.38. The van der Waals surface area contributed by atoms with Crippen molar-refractivity contribution >= 4 is 5.91 Å². The summed E-state index contributed by atoms with van der Waals surface area (Å²) in [6.07, 6.45) is 0.815. The highest BCUT2D eigenvalue weighted by Gasteiger charge is 2.28. The zero-order valence-corrected chi connectivity index (χ0v) is 15.3. The van der Waals surface area contributed by atoms with E-state index in [0.717, 1.165) is 23.2 Å². The molecule has 1 unspecified atom stereocenters. The number of nitrogens with zero attached hydrogens (tertiary/aromatic N) is 2. The molecule has 2 aromatic carbocycles. The van der Waals surface area contributed by atoms with Crippen molar-refractivity contribution in [2.75, 3.05) is 13.1 Å². The fraction of sp³-hybridized carbons (Fsp3) is 0.217. The lowest BCUT2D eigenvalue weighted by Crippen LogP contribution is -2.31. The summed E-state index contributed by atoms with van der Waals surface area (Å²) in [4.78, 5) is 19.0. The van der Waals surface area contributed by atoms with Crippen molar-refractivity contribution in [1.82, 2.24) is 9.88 Å². The van der Waals surface area contributed by atoms with E-state index in [1.54, 1.807) is 0 Å². The van der Waals surface area contributed by atoms with Gasteiger partial charge in [-0.05, 0) is 36.2 Å². The number of aromatic nitrogens is 1. The molecule has 1 aromatic heterocycles. The number of hydrogen-bond donors (Lipinski definition) is 0. The van der Waals surface area contributed by atoms with Gasteiger partial charge in [-0.3, -0.25) is 4.79 Å². The first kappa shape index (κ1) is 17.3. The van der Waals surface area contributed by atoms with Gasteiger partial charge >= 0.3 is 0 Å². The third-order valence-electron chi connectivity index (χ3n) is 4.82. The Hall–Kier alpha value is -3.14. The maximum absolute atomic E-state index is 12.8. The van der Waals surface area contributed by atoms with Crippen molar-refractivity contribution in [3.8, 4) is 17.0 Å². The first-order valence-electron chi connectivity index (χ1n) is 9.24. The molecule has 1 atom stereocenters. The first-order chi connectivity index (χ1) is 13.2. The van der Waals surface area contributed by atoms with Crippen LogP contribution in [0.1, 0.15) is 22.5 Å². The Labute approximate surface area is 159 Å². The molecule has 0 aliphatic carbocycles. The summed E-state index contributed by atoms with van der Waals surface area (Å²) in [5.41, 5.74) is 3.90. The molecule has 2 heterocycles. The minimum atomic E-state index is -0.00755. The average molecular weight is 358 g/mol. The van der Waals surface area contributed by atoms with E-state index >= 15 is 0 Å². The Kier molecular flexibility index (Phi) is 4.88. The Morgan fingerprint density at radius 2 is 1.70 bits per heavy atom. The fourth-order valence-corrected chi connectivity index (χ4v) is 3.38. The third kappa shape index (κ3) is 4.00. The number of rotatable bonds is 4. The molecular weight excluding hydrogens is 336 g/mol. The summed E-state index contributed by atoms with van der Waals surface area (Å²) in [6.45, 7) is 3.24. The molecule has 0 bridgehead atoms. The number of benzene rings is 2. The highest BCUT2D eigenvalue weighted by molar-refractivity contribution is 5.95. The average Bonchev–Trinajstić information content (AvgIpc) is 3.17. The van der Waals surface area contributed by atoms with E-state index in [1.807, 2.05) is 72.5 Å². The van der Waals surface area contributed by atoms with Gasteiger partial charge in [-0.2, -0.15) is 0 Å². The predicted octanol–water partition coefficient (Wildman–Crippen LogP) is 4.35. The van der Waals surface area contributed by atoms with E-state index in [4.69, 9.17) is 4.74 Å². The minimum absolute atomic E-state index is 0.00755. The van der Waals surface area contributed by atoms with Crippen LogP contribution < -0.4 is 4.74 Å². The highest BCUT2D eigenvalue weighted by Crippen LogP contribution is 2.22. The summed E-state index contributed by atoms with van der Waals surface area (Å²) in [5.74, 6) is 0.680. The van der Waals surface area contributed by atoms with Crippen molar-refractivity contribution in [1.29, 1.82) is 0 Å². The van der Waals surface area contributed by atoms with E-state index in [1.165, 1.54) is 0 Å². The lowest BCUT2D eigenvalue weighted by atomic mass is 10.0. The van der Waals surface area contributed by atoms with E-state index < -0.39 is 0 Å². The molecule has 1 aliphatic rings. The normalized spacial score (nSPS) is 16.3. The monoisotopic (exact) mass is 358 g/mol. The maximum Gasteiger partial charge on any atom is 0.253 e. The number of ether oxygens (including phenoxy) is 1. The van der Waals surface area contributed by atoms with Crippen molar-refractivity contribution < 1.29 is 9.53 Å². The van der Waals surface area contributed by atoms with Crippen molar-refractivity contribution in [2.45, 2.75) is 19.4 Å². The second-order valence-corrected chi connectivity index (χ2v) is 6.84. The van der Waals surface area contributed by atoms with Crippen LogP contribution in [0.2, 0.25) is 0 Å². The Morgan fingerprint density at radius 3 is 2.44 bits per heavy atom. The van der Waals surface area contributed by atoms with Crippen LogP contribution in [0.3, 0.4) is 0 Å². The topological polar surface area (TPSA) is 42.4 Å². The molecule has 0 N–H and O–H groups in total. The summed E-state index contributed by atoms with van der Waals surface area (Å²) < 4.78 is 5.94. The number of carbonyl (C=O) groups excluding carboxylic acids is 1. The molecule has 1 aliphatic heterocycles. The SMILES string of the molecule is Cc1cccc(OC2CCN(C(=O)c3ccc(-c4ccccc4)cc3)C2)n1. The van der Waals surface area contributed by atoms with Gasteiger partial charge in [0.1, 0.15) is 6.10 Å². The van der Waals surface area contributed by atoms with Crippen LogP contribution in [-0.2, 0) is 0 Å². The summed E-state index contributed by atoms with van der Waals surface area (Å²) in [7, 11) is 0. The van der Waals surface area contributed by atoms with Crippen molar-refractivity contribution in [2.24, 2.45) is 0 Å². The molecule has 1 amide bonds. The molecule has 136 valence electrons. The van der Waals surface area contributed by atoms with Crippen LogP contribution >= 0.6 is 0 Å². The smallest absolute Gasteiger partial charge is 0.253 e. The standard InChI is InChI=1S/C23H22N2O2/c1-17-6-5-9-22(24-17)27-21-14-15-25(16-21)23(26)20-12-10-19(11-13-20)18-7-3-2-4-8-18/h2-13,21H,14-16H2,1H3. The number of likely N-dealkylation sites (tertiary alicyclic amines) is 1. The maximum atomic E-state index is 12.8. The second-order valence-electron chi connectivity index (χ2n) is 6.84. The van der Waals surface area contributed by atoms with Gasteiger partial charge < -0.3 is 9.64 Å². The Bertz CT molecular complexity index is 923. The molecule has 0 radical (unpaired) electrons. The van der Waals surface area contributed by atoms with Crippen LogP contribution in [0, 0.1) is 6.92 Å². The van der Waals surface area contributed by atoms with Gasteiger partial charge in [0.25, 0.3) is 5.91 Å². The molecule has 4 heteroatoms. The molecule has 3 aromatic rings. The quantitative estimate of drug-likeness (QED) is 0.696. The number of amides is 1. The summed E-state index contributed by atoms with van der Waals surface area (Å²) >= 11 is 0. The van der Waals surface area contributed by atoms with Crippen LogP contribution in [0.15, 0.2) is 72.8 Å². The highest BCUT2D eigenvalue weighted by atomic mass is 16.5. The van der Waals surface area contributed by atoms with E-state index in [-0.39, 0.29) is 12.0 Å². The van der Waals surface area contributed by atoms with Crippen LogP contribution in [0.4, 0.5) is 0 Å². The van der Waals surface area contributed by atoms with Crippen LogP contribution in [0.25, 0.3) is 11.1 Å². The molecular formula is C23H22N2O2. The van der Waals surface area contributed by atoms with Gasteiger partial charge in [-0.25, -0.2) is 4.98 Å². The molecule has 4 rings (SSSR count). The van der Waals surface area contributed by atoms with Gasteiger partial charge in [-0.1, -0.05) is 48.5 Å². The number of pyridine rings is 1. The summed E-state index contributed by atoms with van der Waals surface area (Å²) in [5, 5.41) is 0. The van der Waals surface area contributed by atoms with E-state index in [9.17, 15) is 4.79 Å². The van der Waals surface area contributed by atoms with E-state index in [2.05, 4.69) is 17.1 Å². The third-order valence-corrected chi connectivity index (χ3v) is 4.82. The second kappa shape index (κ2) is 7.62. The molecule has 0 saturated carbocycles. The molecule has 27 heavy (non-hydrogen) atoms. The zero-order valence-electron chi connectivity index (χ0n) is 15.3. The minimum Gasteiger partial charge on any atom is -0.472 e. The van der Waals surface area contributed by atoms with Gasteiger partial charge in [0.15, 0.2) is 0 Å². The van der Waals surface area contributed by atoms with Crippen molar-refractivity contribution in [3.05, 3.63) is 84.1 Å². The van der Waals surface area contributed by atoms with E-state index in [0.29, 0.717) is 24.5 Å². The number of carbonyl (C=O) groups is 1. The Balaban J connectivity index is 1.40. The number of hydrogen-bond acceptors (Lipinski definition) is 3. The zero-order chi connectivity index (χ0) is 18.6. The van der Waals surface area contributed by atoms with Gasteiger partial charge in [0.2, 0.25) is 5.88 Å². The molecule has 0 spiro atoms. The molecule has 1 fully saturated rings. The number of aryl methyl sites for hydroxylation is 1. The molecule has 4 nitrogen and oxygen atoms in total. The van der Waals surface area contributed by atoms with Crippen LogP contribution in [-0.4, -0.2) is 35.0 Å². The van der Waals surface area contributed by atoms with Crippen LogP contribution in [0.5, 0.6) is 5.88 Å². The van der Waals surface area contributed by atoms with Gasteiger partial charge in [0.05, 0.1) is 6.54 Å². The largest absolute Gasteiger partial charge is 0.472 e. The lowest BCUT2D eigenvalue weighted by molar-refractivity contribution is 0.0771.